The minimum Gasteiger partial charge on any atom is -0.486 e. The average Bonchev–Trinajstić information content (AvgIpc) is 2.55. The predicted octanol–water partition coefficient (Wildman–Crippen LogP) is 2.79. The van der Waals surface area contributed by atoms with Crippen molar-refractivity contribution in [3.63, 3.8) is 0 Å². The summed E-state index contributed by atoms with van der Waals surface area (Å²) < 4.78 is 5.88. The number of ether oxygens (including phenoxy) is 1. The van der Waals surface area contributed by atoms with Gasteiger partial charge in [-0.05, 0) is 35.4 Å². The molecule has 3 rings (SSSR count). The number of allylic oxidation sites excluding steroid dienone is 2. The van der Waals surface area contributed by atoms with Crippen molar-refractivity contribution in [3.05, 3.63) is 65.1 Å². The maximum Gasteiger partial charge on any atom is 0.224 e. The smallest absolute Gasteiger partial charge is 0.224 e. The molecule has 1 aromatic heterocycles. The van der Waals surface area contributed by atoms with Crippen LogP contribution in [0.15, 0.2) is 48.6 Å². The molecule has 24 heavy (non-hydrogen) atoms. The number of anilines is 1. The van der Waals surface area contributed by atoms with Gasteiger partial charge in [0.15, 0.2) is 0 Å². The summed E-state index contributed by atoms with van der Waals surface area (Å²) in [7, 11) is 0. The minimum absolute atomic E-state index is 0.0180. The second-order valence-electron chi connectivity index (χ2n) is 5.24. The Kier molecular flexibility index (Phi) is 4.48. The Balaban J connectivity index is 1.83. The van der Waals surface area contributed by atoms with E-state index < -0.39 is 0 Å². The van der Waals surface area contributed by atoms with E-state index >= 15 is 0 Å². The average molecular weight is 342 g/mol. The third kappa shape index (κ3) is 3.38. The standard InChI is InChI=1S/C17H16ClN5O/c18-17-22-14(13(15(19)20)16(21)23-17)10-6-8-12(9-7-10)24-11-4-2-1-3-5-11/h1-8,12H,9H2,(H3,19,20)(H2,21,22,23). The molecule has 122 valence electrons. The monoisotopic (exact) mass is 341 g/mol. The summed E-state index contributed by atoms with van der Waals surface area (Å²) in [6.45, 7) is 0. The largest absolute Gasteiger partial charge is 0.486 e. The first kappa shape index (κ1) is 16.0. The van der Waals surface area contributed by atoms with Gasteiger partial charge < -0.3 is 16.2 Å². The van der Waals surface area contributed by atoms with Gasteiger partial charge in [-0.3, -0.25) is 5.41 Å². The van der Waals surface area contributed by atoms with Crippen LogP contribution in [-0.4, -0.2) is 21.9 Å². The van der Waals surface area contributed by atoms with Gasteiger partial charge in [-0.2, -0.15) is 0 Å². The molecule has 1 heterocycles. The fraction of sp³-hybridized carbons (Fsp3) is 0.118. The van der Waals surface area contributed by atoms with Crippen LogP contribution in [0, 0.1) is 5.41 Å². The van der Waals surface area contributed by atoms with Crippen LogP contribution in [-0.2, 0) is 0 Å². The lowest BCUT2D eigenvalue weighted by Gasteiger charge is -2.19. The Morgan fingerprint density at radius 2 is 2.00 bits per heavy atom. The molecule has 2 aromatic rings. The highest BCUT2D eigenvalue weighted by molar-refractivity contribution is 6.28. The molecule has 0 amide bonds. The summed E-state index contributed by atoms with van der Waals surface area (Å²) >= 11 is 5.89. The molecule has 1 unspecified atom stereocenters. The lowest BCUT2D eigenvalue weighted by atomic mass is 9.98. The summed E-state index contributed by atoms with van der Waals surface area (Å²) in [5.41, 5.74) is 13.0. The normalized spacial score (nSPS) is 16.5. The molecule has 0 spiro atoms. The lowest BCUT2D eigenvalue weighted by molar-refractivity contribution is 0.252. The Morgan fingerprint density at radius 3 is 2.62 bits per heavy atom. The molecule has 1 aliphatic carbocycles. The molecule has 0 fully saturated rings. The van der Waals surface area contributed by atoms with Gasteiger partial charge >= 0.3 is 0 Å². The van der Waals surface area contributed by atoms with Crippen molar-refractivity contribution in [1.29, 1.82) is 5.41 Å². The molecule has 6 nitrogen and oxygen atoms in total. The van der Waals surface area contributed by atoms with Crippen LogP contribution in [0.2, 0.25) is 5.28 Å². The molecule has 7 heteroatoms. The fourth-order valence-electron chi connectivity index (χ4n) is 2.46. The van der Waals surface area contributed by atoms with E-state index in [2.05, 4.69) is 9.97 Å². The summed E-state index contributed by atoms with van der Waals surface area (Å²) in [4.78, 5) is 8.04. The van der Waals surface area contributed by atoms with Crippen molar-refractivity contribution < 1.29 is 4.74 Å². The SMILES string of the molecule is N=C(N)c1c(N)nc(Cl)nc1C1=CCC(Oc2ccccc2)C=C1. The lowest BCUT2D eigenvalue weighted by Crippen LogP contribution is -2.20. The molecule has 1 aromatic carbocycles. The molecule has 1 atom stereocenters. The first-order valence-corrected chi connectivity index (χ1v) is 7.70. The van der Waals surface area contributed by atoms with Crippen molar-refractivity contribution in [2.45, 2.75) is 12.5 Å². The van der Waals surface area contributed by atoms with E-state index in [1.165, 1.54) is 0 Å². The molecule has 0 bridgehead atoms. The zero-order valence-corrected chi connectivity index (χ0v) is 13.5. The highest BCUT2D eigenvalue weighted by Crippen LogP contribution is 2.27. The Hall–Kier alpha value is -2.86. The van der Waals surface area contributed by atoms with E-state index in [0.29, 0.717) is 12.1 Å². The fourth-order valence-corrected chi connectivity index (χ4v) is 2.64. The molecule has 0 aliphatic heterocycles. The van der Waals surface area contributed by atoms with E-state index in [9.17, 15) is 0 Å². The maximum absolute atomic E-state index is 7.69. The molecule has 0 radical (unpaired) electrons. The number of para-hydroxylation sites is 1. The van der Waals surface area contributed by atoms with E-state index in [-0.39, 0.29) is 28.6 Å². The highest BCUT2D eigenvalue weighted by atomic mass is 35.5. The van der Waals surface area contributed by atoms with Crippen molar-refractivity contribution in [2.75, 3.05) is 5.73 Å². The van der Waals surface area contributed by atoms with Gasteiger partial charge in [0.1, 0.15) is 23.5 Å². The molecule has 0 saturated carbocycles. The highest BCUT2D eigenvalue weighted by Gasteiger charge is 2.19. The van der Waals surface area contributed by atoms with Gasteiger partial charge in [-0.1, -0.05) is 30.4 Å². The number of hydrogen-bond donors (Lipinski definition) is 3. The number of halogens is 1. The number of nitrogen functional groups attached to an aromatic ring is 2. The van der Waals surface area contributed by atoms with Crippen molar-refractivity contribution in [3.8, 4) is 5.75 Å². The van der Waals surface area contributed by atoms with Crippen molar-refractivity contribution in [2.24, 2.45) is 5.73 Å². The zero-order valence-electron chi connectivity index (χ0n) is 12.7. The molecular formula is C17H16ClN5O. The summed E-state index contributed by atoms with van der Waals surface area (Å²) in [6, 6.07) is 9.60. The van der Waals surface area contributed by atoms with Gasteiger partial charge in [0.2, 0.25) is 5.28 Å². The van der Waals surface area contributed by atoms with Gasteiger partial charge in [-0.15, -0.1) is 0 Å². The Bertz CT molecular complexity index is 832. The summed E-state index contributed by atoms with van der Waals surface area (Å²) in [5.74, 6) is 0.702. The maximum atomic E-state index is 7.69. The zero-order chi connectivity index (χ0) is 17.1. The van der Waals surface area contributed by atoms with Crippen molar-refractivity contribution in [1.82, 2.24) is 9.97 Å². The number of nitrogens with two attached hydrogens (primary N) is 2. The van der Waals surface area contributed by atoms with Crippen LogP contribution >= 0.6 is 11.6 Å². The van der Waals surface area contributed by atoms with Crippen LogP contribution in [0.1, 0.15) is 17.7 Å². The third-order valence-electron chi connectivity index (χ3n) is 3.54. The van der Waals surface area contributed by atoms with Crippen LogP contribution in [0.25, 0.3) is 5.57 Å². The first-order valence-electron chi connectivity index (χ1n) is 7.32. The van der Waals surface area contributed by atoms with Crippen LogP contribution < -0.4 is 16.2 Å². The second-order valence-corrected chi connectivity index (χ2v) is 5.58. The number of nitrogens with zero attached hydrogens (tertiary/aromatic N) is 2. The number of hydrogen-bond acceptors (Lipinski definition) is 5. The van der Waals surface area contributed by atoms with Crippen molar-refractivity contribution >= 4 is 28.8 Å². The predicted molar refractivity (Wildman–Crippen MR) is 95.1 cm³/mol. The number of amidine groups is 1. The molecular weight excluding hydrogens is 326 g/mol. The number of nitrogens with one attached hydrogen (secondary N) is 1. The van der Waals surface area contributed by atoms with E-state index in [1.54, 1.807) is 0 Å². The van der Waals surface area contributed by atoms with Crippen LogP contribution in [0.4, 0.5) is 5.82 Å². The van der Waals surface area contributed by atoms with E-state index in [4.69, 9.17) is 33.2 Å². The van der Waals surface area contributed by atoms with E-state index in [1.807, 2.05) is 48.6 Å². The summed E-state index contributed by atoms with van der Waals surface area (Å²) in [5, 5.41) is 7.71. The van der Waals surface area contributed by atoms with Gasteiger partial charge in [0, 0.05) is 6.42 Å². The minimum atomic E-state index is -0.198. The van der Waals surface area contributed by atoms with Gasteiger partial charge in [0.25, 0.3) is 0 Å². The quantitative estimate of drug-likeness (QED) is 0.450. The third-order valence-corrected chi connectivity index (χ3v) is 3.71. The molecule has 1 aliphatic rings. The van der Waals surface area contributed by atoms with Gasteiger partial charge in [-0.25, -0.2) is 9.97 Å². The van der Waals surface area contributed by atoms with Crippen LogP contribution in [0.5, 0.6) is 5.75 Å². The second kappa shape index (κ2) is 6.72. The number of rotatable bonds is 4. The molecule has 0 saturated heterocycles. The van der Waals surface area contributed by atoms with E-state index in [0.717, 1.165) is 11.3 Å². The summed E-state index contributed by atoms with van der Waals surface area (Å²) in [6.07, 6.45) is 6.32. The number of benzene rings is 1. The van der Waals surface area contributed by atoms with Gasteiger partial charge in [0.05, 0.1) is 11.3 Å². The molecule has 5 N–H and O–H groups in total. The van der Waals surface area contributed by atoms with Crippen LogP contribution in [0.3, 0.4) is 0 Å². The topological polar surface area (TPSA) is 111 Å². The Morgan fingerprint density at radius 1 is 1.25 bits per heavy atom. The Labute approximate surface area is 144 Å². The number of aromatic nitrogens is 2. The first-order chi connectivity index (χ1) is 11.5.